The zero-order valence-corrected chi connectivity index (χ0v) is 12.2. The van der Waals surface area contributed by atoms with Gasteiger partial charge in [-0.05, 0) is 60.7 Å². The first-order valence-electron chi connectivity index (χ1n) is 5.52. The molecule has 94 valence electrons. The van der Waals surface area contributed by atoms with Crippen LogP contribution in [0.3, 0.4) is 0 Å². The second kappa shape index (κ2) is 5.51. The predicted octanol–water partition coefficient (Wildman–Crippen LogP) is 3.43. The first kappa shape index (κ1) is 13.1. The molecule has 0 bridgehead atoms. The highest BCUT2D eigenvalue weighted by atomic mass is 127. The van der Waals surface area contributed by atoms with Gasteiger partial charge in [-0.3, -0.25) is 0 Å². The Kier molecular flexibility index (Phi) is 4.00. The quantitative estimate of drug-likeness (QED) is 0.624. The van der Waals surface area contributed by atoms with Gasteiger partial charge >= 0.3 is 5.97 Å². The summed E-state index contributed by atoms with van der Waals surface area (Å²) < 4.78 is 11.5. The van der Waals surface area contributed by atoms with E-state index in [4.69, 9.17) is 9.15 Å². The normalized spacial score (nSPS) is 10.4. The highest BCUT2D eigenvalue weighted by Crippen LogP contribution is 2.23. The molecule has 1 heterocycles. The number of nitrogens with zero attached hydrogens (tertiary/aromatic N) is 1. The lowest BCUT2D eigenvalue weighted by molar-refractivity contribution is 0.0490. The first-order chi connectivity index (χ1) is 8.61. The average molecular weight is 357 g/mol. The maximum atomic E-state index is 11.6. The third-order valence-electron chi connectivity index (χ3n) is 2.35. The fraction of sp³-hybridized carbons (Fsp3) is 0.231. The molecule has 0 N–H and O–H groups in total. The number of hydrogen-bond donors (Lipinski definition) is 0. The Morgan fingerprint density at radius 1 is 1.39 bits per heavy atom. The van der Waals surface area contributed by atoms with Crippen molar-refractivity contribution in [3.8, 4) is 11.5 Å². The van der Waals surface area contributed by atoms with Crippen LogP contribution in [-0.2, 0) is 4.74 Å². The van der Waals surface area contributed by atoms with E-state index >= 15 is 0 Å². The highest BCUT2D eigenvalue weighted by Gasteiger charge is 2.19. The number of oxazole rings is 1. The van der Waals surface area contributed by atoms with Crippen molar-refractivity contribution in [2.24, 2.45) is 0 Å². The second-order valence-corrected chi connectivity index (χ2v) is 4.91. The average Bonchev–Trinajstić information content (AvgIpc) is 2.72. The van der Waals surface area contributed by atoms with Crippen molar-refractivity contribution < 1.29 is 13.9 Å². The van der Waals surface area contributed by atoms with Crippen LogP contribution in [0.4, 0.5) is 0 Å². The van der Waals surface area contributed by atoms with E-state index in [-0.39, 0.29) is 5.76 Å². The van der Waals surface area contributed by atoms with Crippen LogP contribution >= 0.6 is 22.6 Å². The minimum Gasteiger partial charge on any atom is -0.460 e. The van der Waals surface area contributed by atoms with E-state index in [0.717, 1.165) is 9.13 Å². The van der Waals surface area contributed by atoms with Gasteiger partial charge in [0, 0.05) is 9.13 Å². The lowest BCUT2D eigenvalue weighted by Crippen LogP contribution is -2.04. The van der Waals surface area contributed by atoms with E-state index in [1.54, 1.807) is 13.8 Å². The Bertz CT molecular complexity index is 560. The maximum absolute atomic E-state index is 11.6. The summed E-state index contributed by atoms with van der Waals surface area (Å²) in [4.78, 5) is 15.9. The van der Waals surface area contributed by atoms with Crippen LogP contribution in [0.5, 0.6) is 0 Å². The number of aryl methyl sites for hydroxylation is 1. The molecule has 0 amide bonds. The molecule has 1 aromatic heterocycles. The molecule has 0 radical (unpaired) electrons. The number of carbonyl (C=O) groups is 1. The van der Waals surface area contributed by atoms with Crippen molar-refractivity contribution in [1.29, 1.82) is 0 Å². The molecule has 0 atom stereocenters. The summed E-state index contributed by atoms with van der Waals surface area (Å²) in [7, 11) is 0. The van der Waals surface area contributed by atoms with Gasteiger partial charge in [-0.2, -0.15) is 0 Å². The van der Waals surface area contributed by atoms with Crippen LogP contribution in [-0.4, -0.2) is 17.6 Å². The molecule has 0 saturated carbocycles. The lowest BCUT2D eigenvalue weighted by atomic mass is 10.2. The Hall–Kier alpha value is -1.37. The second-order valence-electron chi connectivity index (χ2n) is 3.66. The predicted molar refractivity (Wildman–Crippen MR) is 75.3 cm³/mol. The minimum absolute atomic E-state index is 0.172. The molecular weight excluding hydrogens is 345 g/mol. The number of benzene rings is 1. The van der Waals surface area contributed by atoms with Crippen LogP contribution in [0.1, 0.15) is 23.2 Å². The largest absolute Gasteiger partial charge is 0.460 e. The van der Waals surface area contributed by atoms with Crippen LogP contribution in [0.15, 0.2) is 28.7 Å². The molecule has 18 heavy (non-hydrogen) atoms. The number of aromatic nitrogens is 1. The molecule has 0 fully saturated rings. The number of esters is 1. The molecule has 0 unspecified atom stereocenters. The molecule has 0 saturated heterocycles. The molecule has 0 aliphatic carbocycles. The number of hydrogen-bond acceptors (Lipinski definition) is 4. The van der Waals surface area contributed by atoms with Crippen molar-refractivity contribution in [3.63, 3.8) is 0 Å². The van der Waals surface area contributed by atoms with Crippen LogP contribution in [0, 0.1) is 10.5 Å². The fourth-order valence-corrected chi connectivity index (χ4v) is 1.86. The SMILES string of the molecule is CCOC(=O)c1oc(-c2ccc(I)cc2)nc1C. The lowest BCUT2D eigenvalue weighted by Gasteiger charge is -1.97. The summed E-state index contributed by atoms with van der Waals surface area (Å²) in [6, 6.07) is 7.73. The van der Waals surface area contributed by atoms with Crippen molar-refractivity contribution in [2.75, 3.05) is 6.61 Å². The van der Waals surface area contributed by atoms with Gasteiger partial charge in [-0.1, -0.05) is 0 Å². The molecule has 0 spiro atoms. The number of rotatable bonds is 3. The van der Waals surface area contributed by atoms with Crippen molar-refractivity contribution in [2.45, 2.75) is 13.8 Å². The third kappa shape index (κ3) is 2.72. The van der Waals surface area contributed by atoms with Crippen molar-refractivity contribution >= 4 is 28.6 Å². The summed E-state index contributed by atoms with van der Waals surface area (Å²) >= 11 is 2.22. The van der Waals surface area contributed by atoms with Crippen LogP contribution in [0.2, 0.25) is 0 Å². The minimum atomic E-state index is -0.473. The zero-order valence-electron chi connectivity index (χ0n) is 10.1. The summed E-state index contributed by atoms with van der Waals surface area (Å²) in [6.45, 7) is 3.80. The number of carbonyl (C=O) groups excluding carboxylic acids is 1. The topological polar surface area (TPSA) is 52.3 Å². The van der Waals surface area contributed by atoms with Crippen LogP contribution in [0.25, 0.3) is 11.5 Å². The molecule has 0 aliphatic heterocycles. The van der Waals surface area contributed by atoms with Gasteiger partial charge in [-0.15, -0.1) is 0 Å². The van der Waals surface area contributed by atoms with E-state index in [1.807, 2.05) is 24.3 Å². The standard InChI is InChI=1S/C13H12INO3/c1-3-17-13(16)11-8(2)15-12(18-11)9-4-6-10(14)7-5-9/h4-7H,3H2,1-2H3. The molecule has 2 aromatic rings. The van der Waals surface area contributed by atoms with E-state index in [0.29, 0.717) is 18.2 Å². The van der Waals surface area contributed by atoms with Gasteiger partial charge in [0.25, 0.3) is 0 Å². The van der Waals surface area contributed by atoms with Gasteiger partial charge in [0.1, 0.15) is 0 Å². The zero-order chi connectivity index (χ0) is 13.1. The Morgan fingerprint density at radius 2 is 2.06 bits per heavy atom. The van der Waals surface area contributed by atoms with Gasteiger partial charge in [0.05, 0.1) is 12.3 Å². The molecule has 5 heteroatoms. The third-order valence-corrected chi connectivity index (χ3v) is 3.07. The smallest absolute Gasteiger partial charge is 0.376 e. The highest BCUT2D eigenvalue weighted by molar-refractivity contribution is 14.1. The van der Waals surface area contributed by atoms with Crippen molar-refractivity contribution in [3.05, 3.63) is 39.3 Å². The van der Waals surface area contributed by atoms with Gasteiger partial charge in [-0.25, -0.2) is 9.78 Å². The molecule has 4 nitrogen and oxygen atoms in total. The molecule has 1 aromatic carbocycles. The summed E-state index contributed by atoms with van der Waals surface area (Å²) in [5, 5.41) is 0. The Balaban J connectivity index is 2.34. The van der Waals surface area contributed by atoms with Gasteiger partial charge in [0.2, 0.25) is 11.7 Å². The summed E-state index contributed by atoms with van der Waals surface area (Å²) in [5.41, 5.74) is 1.39. The monoisotopic (exact) mass is 357 g/mol. The molecule has 2 rings (SSSR count). The van der Waals surface area contributed by atoms with E-state index in [1.165, 1.54) is 0 Å². The molecule has 0 aliphatic rings. The maximum Gasteiger partial charge on any atom is 0.376 e. The first-order valence-corrected chi connectivity index (χ1v) is 6.60. The van der Waals surface area contributed by atoms with Gasteiger partial charge < -0.3 is 9.15 Å². The van der Waals surface area contributed by atoms with E-state index < -0.39 is 5.97 Å². The van der Waals surface area contributed by atoms with Gasteiger partial charge in [0.15, 0.2) is 0 Å². The summed E-state index contributed by atoms with van der Waals surface area (Å²) in [5.74, 6) is 0.136. The number of halogens is 1. The Labute approximate surface area is 118 Å². The fourth-order valence-electron chi connectivity index (χ4n) is 1.50. The van der Waals surface area contributed by atoms with Crippen LogP contribution < -0.4 is 0 Å². The Morgan fingerprint density at radius 3 is 2.67 bits per heavy atom. The van der Waals surface area contributed by atoms with E-state index in [2.05, 4.69) is 27.6 Å². The van der Waals surface area contributed by atoms with Crippen molar-refractivity contribution in [1.82, 2.24) is 4.98 Å². The number of ether oxygens (including phenoxy) is 1. The van der Waals surface area contributed by atoms with E-state index in [9.17, 15) is 4.79 Å². The molecular formula is C13H12INO3. The summed E-state index contributed by atoms with van der Waals surface area (Å²) in [6.07, 6.45) is 0.